The van der Waals surface area contributed by atoms with E-state index in [1.807, 2.05) is 0 Å². The molecule has 1 aromatic carbocycles. The van der Waals surface area contributed by atoms with Crippen LogP contribution < -0.4 is 16.6 Å². The van der Waals surface area contributed by atoms with Crippen LogP contribution in [0, 0.1) is 0 Å². The standard InChI is InChI=1S/C10H15N3O4/c11-13-5-12-7(10(16)17)3-6-1-2-8(14)9(15)4-6/h1-2,4,7,12-15H,3,5,11H2,(H,16,17). The van der Waals surface area contributed by atoms with Gasteiger partial charge in [0.05, 0.1) is 6.67 Å². The normalized spacial score (nSPS) is 12.3. The topological polar surface area (TPSA) is 128 Å². The van der Waals surface area contributed by atoms with E-state index in [9.17, 15) is 9.90 Å². The first kappa shape index (κ1) is 13.2. The average molecular weight is 241 g/mol. The zero-order valence-corrected chi connectivity index (χ0v) is 9.05. The van der Waals surface area contributed by atoms with Crippen molar-refractivity contribution in [2.75, 3.05) is 6.67 Å². The van der Waals surface area contributed by atoms with Gasteiger partial charge < -0.3 is 15.3 Å². The lowest BCUT2D eigenvalue weighted by Crippen LogP contribution is -2.45. The summed E-state index contributed by atoms with van der Waals surface area (Å²) in [6.45, 7) is 0.154. The number of aromatic hydroxyl groups is 2. The van der Waals surface area contributed by atoms with Crippen molar-refractivity contribution in [1.29, 1.82) is 0 Å². The molecule has 0 aromatic heterocycles. The van der Waals surface area contributed by atoms with Gasteiger partial charge in [-0.3, -0.25) is 16.0 Å². The Balaban J connectivity index is 2.71. The van der Waals surface area contributed by atoms with E-state index < -0.39 is 12.0 Å². The number of carbonyl (C=O) groups is 1. The molecule has 0 heterocycles. The van der Waals surface area contributed by atoms with Crippen molar-refractivity contribution in [3.05, 3.63) is 23.8 Å². The largest absolute Gasteiger partial charge is 0.504 e. The van der Waals surface area contributed by atoms with Crippen molar-refractivity contribution >= 4 is 5.97 Å². The molecule has 0 aliphatic rings. The zero-order valence-electron chi connectivity index (χ0n) is 9.05. The van der Waals surface area contributed by atoms with Crippen LogP contribution in [0.5, 0.6) is 11.5 Å². The smallest absolute Gasteiger partial charge is 0.321 e. The minimum absolute atomic E-state index is 0.154. The van der Waals surface area contributed by atoms with E-state index in [2.05, 4.69) is 10.7 Å². The van der Waals surface area contributed by atoms with Gasteiger partial charge in [-0.15, -0.1) is 0 Å². The summed E-state index contributed by atoms with van der Waals surface area (Å²) in [5.74, 6) is 3.50. The Hall–Kier alpha value is -1.83. The maximum Gasteiger partial charge on any atom is 0.321 e. The third kappa shape index (κ3) is 3.91. The molecular formula is C10H15N3O4. The molecule has 0 fully saturated rings. The van der Waals surface area contributed by atoms with Crippen LogP contribution in [0.4, 0.5) is 0 Å². The molecule has 1 atom stereocenters. The molecule has 17 heavy (non-hydrogen) atoms. The fraction of sp³-hybridized carbons (Fsp3) is 0.300. The van der Waals surface area contributed by atoms with Crippen LogP contribution in [0.2, 0.25) is 0 Å². The van der Waals surface area contributed by atoms with Crippen molar-refractivity contribution in [2.45, 2.75) is 12.5 Å². The maximum absolute atomic E-state index is 10.9. The number of phenols is 2. The summed E-state index contributed by atoms with van der Waals surface area (Å²) >= 11 is 0. The minimum atomic E-state index is -1.02. The summed E-state index contributed by atoms with van der Waals surface area (Å²) in [7, 11) is 0. The quantitative estimate of drug-likeness (QED) is 0.165. The lowest BCUT2D eigenvalue weighted by Gasteiger charge is -2.14. The molecule has 0 aliphatic carbocycles. The molecule has 0 amide bonds. The van der Waals surface area contributed by atoms with Crippen LogP contribution in [0.15, 0.2) is 18.2 Å². The number of carboxylic acid groups (broad SMARTS) is 1. The second-order valence-electron chi connectivity index (χ2n) is 3.50. The molecule has 7 N–H and O–H groups in total. The minimum Gasteiger partial charge on any atom is -0.504 e. The first-order valence-corrected chi connectivity index (χ1v) is 4.95. The molecule has 0 saturated carbocycles. The van der Waals surface area contributed by atoms with E-state index in [-0.39, 0.29) is 24.6 Å². The van der Waals surface area contributed by atoms with Gasteiger partial charge >= 0.3 is 5.97 Å². The predicted molar refractivity (Wildman–Crippen MR) is 60.2 cm³/mol. The highest BCUT2D eigenvalue weighted by Crippen LogP contribution is 2.25. The van der Waals surface area contributed by atoms with Crippen LogP contribution in [0.3, 0.4) is 0 Å². The number of aliphatic carboxylic acids is 1. The first-order valence-electron chi connectivity index (χ1n) is 4.95. The summed E-state index contributed by atoms with van der Waals surface area (Å²) in [5, 5.41) is 30.0. The lowest BCUT2D eigenvalue weighted by molar-refractivity contribution is -0.139. The number of hydrogen-bond donors (Lipinski definition) is 6. The highest BCUT2D eigenvalue weighted by atomic mass is 16.4. The van der Waals surface area contributed by atoms with Gasteiger partial charge in [-0.1, -0.05) is 6.07 Å². The van der Waals surface area contributed by atoms with E-state index >= 15 is 0 Å². The molecule has 1 aromatic rings. The van der Waals surface area contributed by atoms with Crippen molar-refractivity contribution in [2.24, 2.45) is 5.84 Å². The predicted octanol–water partition coefficient (Wildman–Crippen LogP) is -0.896. The van der Waals surface area contributed by atoms with Crippen molar-refractivity contribution < 1.29 is 20.1 Å². The SMILES string of the molecule is NNCNC(Cc1ccc(O)c(O)c1)C(=O)O. The highest BCUT2D eigenvalue weighted by Gasteiger charge is 2.17. The highest BCUT2D eigenvalue weighted by molar-refractivity contribution is 5.74. The zero-order chi connectivity index (χ0) is 12.8. The molecule has 7 nitrogen and oxygen atoms in total. The third-order valence-corrected chi connectivity index (χ3v) is 2.23. The van der Waals surface area contributed by atoms with Crippen molar-refractivity contribution in [3.63, 3.8) is 0 Å². The van der Waals surface area contributed by atoms with Crippen LogP contribution >= 0.6 is 0 Å². The van der Waals surface area contributed by atoms with Gasteiger partial charge in [-0.25, -0.2) is 5.43 Å². The Morgan fingerprint density at radius 3 is 2.59 bits per heavy atom. The molecule has 7 heteroatoms. The third-order valence-electron chi connectivity index (χ3n) is 2.23. The molecule has 0 saturated heterocycles. The number of carboxylic acids is 1. The Labute approximate surface area is 97.8 Å². The number of rotatable bonds is 6. The number of hydrazine groups is 1. The maximum atomic E-state index is 10.9. The van der Waals surface area contributed by atoms with Crippen LogP contribution in [-0.4, -0.2) is 34.0 Å². The number of hydrogen-bond acceptors (Lipinski definition) is 6. The monoisotopic (exact) mass is 241 g/mol. The first-order chi connectivity index (χ1) is 8.04. The Bertz CT molecular complexity index is 397. The second kappa shape index (κ2) is 6.04. The average Bonchev–Trinajstić information content (AvgIpc) is 2.28. The molecule has 1 unspecified atom stereocenters. The van der Waals surface area contributed by atoms with Crippen LogP contribution in [0.1, 0.15) is 5.56 Å². The number of nitrogens with two attached hydrogens (primary N) is 1. The van der Waals surface area contributed by atoms with Crippen molar-refractivity contribution in [1.82, 2.24) is 10.7 Å². The fourth-order valence-electron chi connectivity index (χ4n) is 1.36. The van der Waals surface area contributed by atoms with Gasteiger partial charge in [0.15, 0.2) is 11.5 Å². The van der Waals surface area contributed by atoms with Crippen LogP contribution in [-0.2, 0) is 11.2 Å². The Kier molecular flexibility index (Phi) is 4.70. The molecule has 0 bridgehead atoms. The van der Waals surface area contributed by atoms with Gasteiger partial charge in [0.1, 0.15) is 6.04 Å². The molecule has 0 aliphatic heterocycles. The lowest BCUT2D eigenvalue weighted by atomic mass is 10.1. The number of nitrogens with one attached hydrogen (secondary N) is 2. The Morgan fingerprint density at radius 2 is 2.06 bits per heavy atom. The fourth-order valence-corrected chi connectivity index (χ4v) is 1.36. The van der Waals surface area contributed by atoms with E-state index in [0.29, 0.717) is 5.56 Å². The summed E-state index contributed by atoms with van der Waals surface area (Å²) in [5.41, 5.74) is 2.89. The molecular weight excluding hydrogens is 226 g/mol. The van der Waals surface area contributed by atoms with Crippen molar-refractivity contribution in [3.8, 4) is 11.5 Å². The van der Waals surface area contributed by atoms with Gasteiger partial charge in [-0.05, 0) is 24.1 Å². The van der Waals surface area contributed by atoms with E-state index in [4.69, 9.17) is 16.1 Å². The summed E-state index contributed by atoms with van der Waals surface area (Å²) < 4.78 is 0. The van der Waals surface area contributed by atoms with Gasteiger partial charge in [0.25, 0.3) is 0 Å². The Morgan fingerprint density at radius 1 is 1.35 bits per heavy atom. The van der Waals surface area contributed by atoms with E-state index in [1.54, 1.807) is 6.07 Å². The number of benzene rings is 1. The molecule has 1 rings (SSSR count). The summed E-state index contributed by atoms with van der Waals surface area (Å²) in [6, 6.07) is 3.35. The van der Waals surface area contributed by atoms with Gasteiger partial charge in [0, 0.05) is 0 Å². The van der Waals surface area contributed by atoms with E-state index in [1.165, 1.54) is 12.1 Å². The summed E-state index contributed by atoms with van der Waals surface area (Å²) in [6.07, 6.45) is 0.171. The molecule has 0 spiro atoms. The van der Waals surface area contributed by atoms with E-state index in [0.717, 1.165) is 0 Å². The summed E-state index contributed by atoms with van der Waals surface area (Å²) in [4.78, 5) is 10.9. The molecule has 0 radical (unpaired) electrons. The second-order valence-corrected chi connectivity index (χ2v) is 3.50. The number of phenolic OH excluding ortho intramolecular Hbond substituents is 2. The molecule has 94 valence electrons. The van der Waals surface area contributed by atoms with Gasteiger partial charge in [-0.2, -0.15) is 0 Å². The van der Waals surface area contributed by atoms with Gasteiger partial charge in [0.2, 0.25) is 0 Å². The van der Waals surface area contributed by atoms with Crippen LogP contribution in [0.25, 0.3) is 0 Å².